The first-order valence-electron chi connectivity index (χ1n) is 10.3. The molecule has 0 aliphatic carbocycles. The molecular formula is C25H26N4OS. The molecule has 2 heterocycles. The molecule has 4 aromatic rings. The molecule has 0 fully saturated rings. The number of carbonyl (C=O) groups is 1. The lowest BCUT2D eigenvalue weighted by molar-refractivity contribution is -0.115. The van der Waals surface area contributed by atoms with Crippen LogP contribution >= 0.6 is 11.3 Å². The zero-order valence-corrected chi connectivity index (χ0v) is 19.3. The van der Waals surface area contributed by atoms with Gasteiger partial charge >= 0.3 is 0 Å². The fourth-order valence-corrected chi connectivity index (χ4v) is 4.48. The van der Waals surface area contributed by atoms with Gasteiger partial charge in [-0.1, -0.05) is 47.5 Å². The van der Waals surface area contributed by atoms with E-state index in [4.69, 9.17) is 4.98 Å². The van der Waals surface area contributed by atoms with Crippen molar-refractivity contribution in [1.82, 2.24) is 14.8 Å². The van der Waals surface area contributed by atoms with Crippen LogP contribution in [0.4, 0.5) is 5.69 Å². The van der Waals surface area contributed by atoms with Gasteiger partial charge in [0.15, 0.2) is 0 Å². The molecule has 5 nitrogen and oxygen atoms in total. The number of rotatable bonds is 5. The van der Waals surface area contributed by atoms with E-state index in [0.29, 0.717) is 0 Å². The summed E-state index contributed by atoms with van der Waals surface area (Å²) >= 11 is 1.55. The average molecular weight is 431 g/mol. The van der Waals surface area contributed by atoms with Crippen molar-refractivity contribution in [3.8, 4) is 16.4 Å². The van der Waals surface area contributed by atoms with Crippen LogP contribution in [0.5, 0.6) is 0 Å². The number of aromatic nitrogens is 3. The molecule has 0 aliphatic heterocycles. The zero-order chi connectivity index (χ0) is 22.1. The van der Waals surface area contributed by atoms with Crippen molar-refractivity contribution in [3.63, 3.8) is 0 Å². The van der Waals surface area contributed by atoms with Crippen molar-refractivity contribution in [3.05, 3.63) is 81.5 Å². The Morgan fingerprint density at radius 1 is 1.00 bits per heavy atom. The van der Waals surface area contributed by atoms with Gasteiger partial charge in [-0.25, -0.2) is 9.67 Å². The molecule has 0 aliphatic rings. The Balaban J connectivity index is 1.55. The topological polar surface area (TPSA) is 59.8 Å². The number of anilines is 1. The second-order valence-corrected chi connectivity index (χ2v) is 8.82. The first kappa shape index (κ1) is 21.0. The summed E-state index contributed by atoms with van der Waals surface area (Å²) in [7, 11) is 0. The highest BCUT2D eigenvalue weighted by atomic mass is 32.1. The Bertz CT molecular complexity index is 1250. The van der Waals surface area contributed by atoms with E-state index >= 15 is 0 Å². The fourth-order valence-electron chi connectivity index (χ4n) is 3.64. The molecule has 0 radical (unpaired) electrons. The molecule has 0 atom stereocenters. The Morgan fingerprint density at radius 3 is 2.42 bits per heavy atom. The minimum absolute atomic E-state index is 0.0443. The van der Waals surface area contributed by atoms with E-state index in [-0.39, 0.29) is 12.3 Å². The zero-order valence-electron chi connectivity index (χ0n) is 18.5. The Morgan fingerprint density at radius 2 is 1.71 bits per heavy atom. The number of aryl methyl sites for hydroxylation is 4. The third-order valence-electron chi connectivity index (χ3n) is 5.46. The van der Waals surface area contributed by atoms with Crippen LogP contribution in [0, 0.1) is 34.6 Å². The highest BCUT2D eigenvalue weighted by molar-refractivity contribution is 7.12. The van der Waals surface area contributed by atoms with Crippen molar-refractivity contribution < 1.29 is 4.79 Å². The summed E-state index contributed by atoms with van der Waals surface area (Å²) in [5.74, 6) is -0.0443. The van der Waals surface area contributed by atoms with Crippen molar-refractivity contribution >= 4 is 22.9 Å². The number of carbonyl (C=O) groups excluding carboxylic acids is 1. The molecule has 158 valence electrons. The summed E-state index contributed by atoms with van der Waals surface area (Å²) in [6, 6.07) is 14.4. The van der Waals surface area contributed by atoms with E-state index in [1.54, 1.807) is 11.3 Å². The maximum atomic E-state index is 12.7. The van der Waals surface area contributed by atoms with Crippen LogP contribution < -0.4 is 5.32 Å². The van der Waals surface area contributed by atoms with Gasteiger partial charge < -0.3 is 5.32 Å². The van der Waals surface area contributed by atoms with Crippen molar-refractivity contribution in [2.45, 2.75) is 41.0 Å². The van der Waals surface area contributed by atoms with Crippen LogP contribution in [0.2, 0.25) is 0 Å². The number of nitrogens with zero attached hydrogens (tertiary/aromatic N) is 3. The van der Waals surface area contributed by atoms with E-state index in [0.717, 1.165) is 44.6 Å². The summed E-state index contributed by atoms with van der Waals surface area (Å²) in [6.45, 7) is 10.1. The maximum absolute atomic E-state index is 12.7. The lowest BCUT2D eigenvalue weighted by atomic mass is 10.1. The second kappa shape index (κ2) is 8.47. The van der Waals surface area contributed by atoms with E-state index in [1.807, 2.05) is 49.9 Å². The predicted octanol–water partition coefficient (Wildman–Crippen LogP) is 5.72. The monoisotopic (exact) mass is 430 g/mol. The Kier molecular flexibility index (Phi) is 5.74. The van der Waals surface area contributed by atoms with Gasteiger partial charge in [0, 0.05) is 27.9 Å². The highest BCUT2D eigenvalue weighted by Crippen LogP contribution is 2.27. The minimum atomic E-state index is -0.0443. The Hall–Kier alpha value is -3.25. The van der Waals surface area contributed by atoms with Crippen molar-refractivity contribution in [2.75, 3.05) is 5.32 Å². The first-order chi connectivity index (χ1) is 14.8. The summed E-state index contributed by atoms with van der Waals surface area (Å²) < 4.78 is 1.84. The largest absolute Gasteiger partial charge is 0.326 e. The number of nitrogens with one attached hydrogen (secondary N) is 1. The fraction of sp³-hybridized carbons (Fsp3) is 0.240. The molecule has 2 aromatic heterocycles. The average Bonchev–Trinajstić information content (AvgIpc) is 3.31. The standard InChI is InChI=1S/C25H26N4OS/c1-15-6-9-20(10-7-15)23-14-31-25(27-23)29-19(5)21(18(4)28-29)13-24(30)26-22-11-8-16(2)12-17(22)3/h6-12,14H,13H2,1-5H3,(H,26,30). The SMILES string of the molecule is Cc1ccc(-c2csc(-n3nc(C)c(CC(=O)Nc4ccc(C)cc4C)c3C)n2)cc1. The van der Waals surface area contributed by atoms with Crippen molar-refractivity contribution in [1.29, 1.82) is 0 Å². The van der Waals surface area contributed by atoms with Gasteiger partial charge in [-0.2, -0.15) is 5.10 Å². The number of hydrogen-bond donors (Lipinski definition) is 1. The van der Waals surface area contributed by atoms with Crippen LogP contribution in [-0.4, -0.2) is 20.7 Å². The van der Waals surface area contributed by atoms with E-state index < -0.39 is 0 Å². The smallest absolute Gasteiger partial charge is 0.228 e. The number of amides is 1. The molecule has 0 bridgehead atoms. The molecule has 31 heavy (non-hydrogen) atoms. The molecule has 1 amide bonds. The normalized spacial score (nSPS) is 11.0. The van der Waals surface area contributed by atoms with E-state index in [1.165, 1.54) is 11.1 Å². The van der Waals surface area contributed by atoms with Gasteiger partial charge in [0.1, 0.15) is 0 Å². The van der Waals surface area contributed by atoms with Crippen LogP contribution in [0.15, 0.2) is 47.8 Å². The number of benzene rings is 2. The van der Waals surface area contributed by atoms with E-state index in [9.17, 15) is 4.79 Å². The summed E-state index contributed by atoms with van der Waals surface area (Å²) in [6.07, 6.45) is 0.279. The molecule has 6 heteroatoms. The van der Waals surface area contributed by atoms with Crippen LogP contribution in [0.1, 0.15) is 33.6 Å². The van der Waals surface area contributed by atoms with Gasteiger partial charge in [0.05, 0.1) is 17.8 Å². The third kappa shape index (κ3) is 4.44. The van der Waals surface area contributed by atoms with Crippen LogP contribution in [-0.2, 0) is 11.2 Å². The van der Waals surface area contributed by atoms with Crippen LogP contribution in [0.3, 0.4) is 0 Å². The second-order valence-electron chi connectivity index (χ2n) is 7.99. The lowest BCUT2D eigenvalue weighted by Crippen LogP contribution is -2.16. The lowest BCUT2D eigenvalue weighted by Gasteiger charge is -2.09. The minimum Gasteiger partial charge on any atom is -0.326 e. The summed E-state index contributed by atoms with van der Waals surface area (Å²) in [4.78, 5) is 17.5. The molecule has 1 N–H and O–H groups in total. The summed E-state index contributed by atoms with van der Waals surface area (Å²) in [5, 5.41) is 10.6. The molecule has 0 saturated carbocycles. The Labute approximate surface area is 186 Å². The number of thiazole rings is 1. The molecule has 4 rings (SSSR count). The van der Waals surface area contributed by atoms with Crippen molar-refractivity contribution in [2.24, 2.45) is 0 Å². The van der Waals surface area contributed by atoms with Gasteiger partial charge in [0.25, 0.3) is 0 Å². The predicted molar refractivity (Wildman–Crippen MR) is 127 cm³/mol. The van der Waals surface area contributed by atoms with Gasteiger partial charge in [-0.15, -0.1) is 11.3 Å². The van der Waals surface area contributed by atoms with E-state index in [2.05, 4.69) is 47.7 Å². The van der Waals surface area contributed by atoms with Gasteiger partial charge in [-0.05, 0) is 46.2 Å². The molecular weight excluding hydrogens is 404 g/mol. The first-order valence-corrected chi connectivity index (χ1v) is 11.1. The third-order valence-corrected chi connectivity index (χ3v) is 6.27. The molecule has 0 spiro atoms. The van der Waals surface area contributed by atoms with Gasteiger partial charge in [0.2, 0.25) is 11.0 Å². The maximum Gasteiger partial charge on any atom is 0.228 e. The highest BCUT2D eigenvalue weighted by Gasteiger charge is 2.18. The molecule has 2 aromatic carbocycles. The van der Waals surface area contributed by atoms with Gasteiger partial charge in [-0.3, -0.25) is 4.79 Å². The molecule has 0 unspecified atom stereocenters. The quantitative estimate of drug-likeness (QED) is 0.440. The molecule has 0 saturated heterocycles. The number of hydrogen-bond acceptors (Lipinski definition) is 4. The summed E-state index contributed by atoms with van der Waals surface area (Å²) in [5.41, 5.74) is 9.06. The van der Waals surface area contributed by atoms with Crippen LogP contribution in [0.25, 0.3) is 16.4 Å².